The van der Waals surface area contributed by atoms with Crippen LogP contribution < -0.4 is 0 Å². The first-order valence-electron chi connectivity index (χ1n) is 17.1. The largest absolute Gasteiger partial charge is 0.456 e. The van der Waals surface area contributed by atoms with Gasteiger partial charge in [0.15, 0.2) is 23.1 Å². The van der Waals surface area contributed by atoms with E-state index in [-0.39, 0.29) is 0 Å². The van der Waals surface area contributed by atoms with Crippen LogP contribution in [0.1, 0.15) is 0 Å². The van der Waals surface area contributed by atoms with Gasteiger partial charge in [-0.25, -0.2) is 19.9 Å². The van der Waals surface area contributed by atoms with Crippen molar-refractivity contribution in [1.82, 2.24) is 19.9 Å². The molecule has 0 bridgehead atoms. The van der Waals surface area contributed by atoms with Gasteiger partial charge in [-0.05, 0) is 89.0 Å². The zero-order valence-electron chi connectivity index (χ0n) is 27.8. The highest BCUT2D eigenvalue weighted by Gasteiger charge is 2.17. The van der Waals surface area contributed by atoms with E-state index in [1.165, 1.54) is 5.56 Å². The van der Waals surface area contributed by atoms with Gasteiger partial charge in [0.1, 0.15) is 16.7 Å². The Hall–Kier alpha value is -7.18. The van der Waals surface area contributed by atoms with E-state index in [4.69, 9.17) is 28.8 Å². The van der Waals surface area contributed by atoms with Crippen LogP contribution in [0.5, 0.6) is 0 Å². The van der Waals surface area contributed by atoms with Crippen LogP contribution in [0.15, 0.2) is 179 Å². The maximum Gasteiger partial charge on any atom is 0.227 e. The van der Waals surface area contributed by atoms with Crippen LogP contribution in [0, 0.1) is 0 Å². The highest BCUT2D eigenvalue weighted by Crippen LogP contribution is 2.35. The third-order valence-electron chi connectivity index (χ3n) is 9.36. The summed E-state index contributed by atoms with van der Waals surface area (Å²) in [5.74, 6) is 2.25. The van der Waals surface area contributed by atoms with Crippen molar-refractivity contribution in [2.75, 3.05) is 0 Å². The van der Waals surface area contributed by atoms with Gasteiger partial charge in [-0.1, -0.05) is 103 Å². The van der Waals surface area contributed by atoms with Crippen molar-refractivity contribution in [2.24, 2.45) is 0 Å². The molecule has 0 fully saturated rings. The van der Waals surface area contributed by atoms with Crippen LogP contribution >= 0.6 is 0 Å². The topological polar surface area (TPSA) is 77.8 Å². The molecule has 0 unspecified atom stereocenters. The van der Waals surface area contributed by atoms with Crippen LogP contribution in [0.3, 0.4) is 0 Å². The van der Waals surface area contributed by atoms with Gasteiger partial charge < -0.3 is 8.83 Å². The molecular formula is C46H28N4O2. The summed E-state index contributed by atoms with van der Waals surface area (Å²) in [5.41, 5.74) is 11.1. The summed E-state index contributed by atoms with van der Waals surface area (Å²) in [5, 5.41) is 2.05. The van der Waals surface area contributed by atoms with Crippen molar-refractivity contribution in [3.8, 4) is 67.9 Å². The van der Waals surface area contributed by atoms with Gasteiger partial charge >= 0.3 is 0 Å². The standard InChI is InChI=1S/C46H28N4O2/c1-3-11-29(12-4-1)31-15-9-16-32(25-31)33-17-10-18-34(26-33)43-48-44(35-21-23-41-38(27-35)37-19-7-8-20-40(37)51-41)50-45(49-43)36-22-24-42-39(28-36)47-46(52-42)30-13-5-2-6-14-30/h1-28H. The van der Waals surface area contributed by atoms with Gasteiger partial charge in [0.05, 0.1) is 0 Å². The first kappa shape index (κ1) is 29.7. The Morgan fingerprint density at radius 3 is 1.50 bits per heavy atom. The van der Waals surface area contributed by atoms with E-state index in [1.807, 2.05) is 91.0 Å². The second-order valence-electron chi connectivity index (χ2n) is 12.7. The third kappa shape index (κ3) is 5.39. The van der Waals surface area contributed by atoms with Crippen molar-refractivity contribution >= 4 is 33.0 Å². The summed E-state index contributed by atoms with van der Waals surface area (Å²) in [6, 6.07) is 57.3. The lowest BCUT2D eigenvalue weighted by molar-refractivity contribution is 0.620. The Labute approximate surface area is 298 Å². The highest BCUT2D eigenvalue weighted by molar-refractivity contribution is 6.06. The second kappa shape index (κ2) is 12.3. The van der Waals surface area contributed by atoms with E-state index in [1.54, 1.807) is 0 Å². The summed E-state index contributed by atoms with van der Waals surface area (Å²) in [6.45, 7) is 0. The minimum Gasteiger partial charge on any atom is -0.456 e. The van der Waals surface area contributed by atoms with E-state index >= 15 is 0 Å². The summed E-state index contributed by atoms with van der Waals surface area (Å²) >= 11 is 0. The number of hydrogen-bond acceptors (Lipinski definition) is 6. The molecule has 3 aromatic heterocycles. The number of oxazole rings is 1. The van der Waals surface area contributed by atoms with E-state index in [9.17, 15) is 0 Å². The van der Waals surface area contributed by atoms with Gasteiger partial charge in [0.2, 0.25) is 5.89 Å². The fourth-order valence-electron chi connectivity index (χ4n) is 6.75. The van der Waals surface area contributed by atoms with Gasteiger partial charge in [0, 0.05) is 33.0 Å². The number of hydrogen-bond donors (Lipinski definition) is 0. The lowest BCUT2D eigenvalue weighted by Crippen LogP contribution is -2.00. The predicted octanol–water partition coefficient (Wildman–Crippen LogP) is 11.9. The first-order chi connectivity index (χ1) is 25.7. The third-order valence-corrected chi connectivity index (χ3v) is 9.36. The molecule has 3 heterocycles. The maximum absolute atomic E-state index is 6.13. The minimum atomic E-state index is 0.541. The molecule has 10 rings (SSSR count). The number of aromatic nitrogens is 4. The van der Waals surface area contributed by atoms with Crippen molar-refractivity contribution in [3.05, 3.63) is 170 Å². The molecule has 6 heteroatoms. The summed E-state index contributed by atoms with van der Waals surface area (Å²) in [4.78, 5) is 20.0. The van der Waals surface area contributed by atoms with Crippen molar-refractivity contribution in [1.29, 1.82) is 0 Å². The number of rotatable bonds is 6. The quantitative estimate of drug-likeness (QED) is 0.175. The average Bonchev–Trinajstić information content (AvgIpc) is 3.83. The maximum atomic E-state index is 6.13. The van der Waals surface area contributed by atoms with Crippen LogP contribution in [-0.2, 0) is 0 Å². The SMILES string of the molecule is c1ccc(-c2cccc(-c3cccc(-c4nc(-c5ccc6oc(-c7ccccc7)nc6c5)nc(-c5ccc6oc7ccccc7c6c5)n4)c3)c2)cc1. The van der Waals surface area contributed by atoms with Gasteiger partial charge in [-0.15, -0.1) is 0 Å². The van der Waals surface area contributed by atoms with Crippen LogP contribution in [-0.4, -0.2) is 19.9 Å². The molecule has 10 aromatic rings. The Balaban J connectivity index is 1.11. The molecule has 0 saturated heterocycles. The molecule has 0 atom stereocenters. The van der Waals surface area contributed by atoms with E-state index in [2.05, 4.69) is 78.9 Å². The first-order valence-corrected chi connectivity index (χ1v) is 17.1. The lowest BCUT2D eigenvalue weighted by Gasteiger charge is -2.10. The zero-order valence-corrected chi connectivity index (χ0v) is 27.8. The van der Waals surface area contributed by atoms with Crippen LogP contribution in [0.2, 0.25) is 0 Å². The van der Waals surface area contributed by atoms with Crippen LogP contribution in [0.4, 0.5) is 0 Å². The monoisotopic (exact) mass is 668 g/mol. The molecule has 7 aromatic carbocycles. The van der Waals surface area contributed by atoms with Crippen molar-refractivity contribution in [2.45, 2.75) is 0 Å². The van der Waals surface area contributed by atoms with Crippen molar-refractivity contribution in [3.63, 3.8) is 0 Å². The van der Waals surface area contributed by atoms with Crippen molar-refractivity contribution < 1.29 is 8.83 Å². The molecule has 0 aliphatic carbocycles. The van der Waals surface area contributed by atoms with Crippen LogP contribution in [0.25, 0.3) is 101 Å². The molecule has 0 aliphatic rings. The van der Waals surface area contributed by atoms with E-state index in [0.29, 0.717) is 28.9 Å². The summed E-state index contributed by atoms with van der Waals surface area (Å²) < 4.78 is 12.2. The van der Waals surface area contributed by atoms with Gasteiger partial charge in [-0.3, -0.25) is 0 Å². The fraction of sp³-hybridized carbons (Fsp3) is 0. The molecule has 0 spiro atoms. The number of nitrogens with zero attached hydrogens (tertiary/aromatic N) is 4. The molecular weight excluding hydrogens is 641 g/mol. The normalized spacial score (nSPS) is 11.5. The number of fused-ring (bicyclic) bond motifs is 4. The van der Waals surface area contributed by atoms with E-state index in [0.717, 1.165) is 66.4 Å². The van der Waals surface area contributed by atoms with Gasteiger partial charge in [0.25, 0.3) is 0 Å². The average molecular weight is 669 g/mol. The fourth-order valence-corrected chi connectivity index (χ4v) is 6.75. The number of para-hydroxylation sites is 1. The molecule has 52 heavy (non-hydrogen) atoms. The van der Waals surface area contributed by atoms with E-state index < -0.39 is 0 Å². The molecule has 6 nitrogen and oxygen atoms in total. The highest BCUT2D eigenvalue weighted by atomic mass is 16.3. The lowest BCUT2D eigenvalue weighted by atomic mass is 9.98. The minimum absolute atomic E-state index is 0.541. The Bertz CT molecular complexity index is 2910. The number of furan rings is 1. The zero-order chi connectivity index (χ0) is 34.4. The molecule has 0 saturated carbocycles. The Morgan fingerprint density at radius 1 is 0.288 bits per heavy atom. The number of benzene rings is 7. The Morgan fingerprint density at radius 2 is 0.788 bits per heavy atom. The summed E-state index contributed by atoms with van der Waals surface area (Å²) in [6.07, 6.45) is 0. The molecule has 0 aliphatic heterocycles. The molecule has 0 amide bonds. The molecule has 0 radical (unpaired) electrons. The molecule has 0 N–H and O–H groups in total. The predicted molar refractivity (Wildman–Crippen MR) is 207 cm³/mol. The summed E-state index contributed by atoms with van der Waals surface area (Å²) in [7, 11) is 0. The van der Waals surface area contributed by atoms with Gasteiger partial charge in [-0.2, -0.15) is 0 Å². The molecule has 244 valence electrons. The second-order valence-corrected chi connectivity index (χ2v) is 12.7. The smallest absolute Gasteiger partial charge is 0.227 e. The Kier molecular flexibility index (Phi) is 7.03.